The smallest absolute Gasteiger partial charge is 0.0685 e. The van der Waals surface area contributed by atoms with Crippen LogP contribution in [0.1, 0.15) is 59.8 Å². The van der Waals surface area contributed by atoms with Crippen molar-refractivity contribution in [2.75, 3.05) is 7.11 Å². The number of hydrogen-bond acceptors (Lipinski definition) is 1. The first kappa shape index (κ1) is 14.5. The largest absolute Gasteiger partial charge is 0.378 e. The summed E-state index contributed by atoms with van der Waals surface area (Å²) in [6.07, 6.45) is 12.8. The van der Waals surface area contributed by atoms with Gasteiger partial charge in [-0.05, 0) is 51.4 Å². The van der Waals surface area contributed by atoms with Gasteiger partial charge in [0.2, 0.25) is 0 Å². The van der Waals surface area contributed by atoms with E-state index in [0.29, 0.717) is 0 Å². The minimum atomic E-state index is 0.0111. The van der Waals surface area contributed by atoms with Gasteiger partial charge >= 0.3 is 0 Å². The average Bonchev–Trinajstić information content (AvgIpc) is 2.27. The Kier molecular flexibility index (Phi) is 5.00. The summed E-state index contributed by atoms with van der Waals surface area (Å²) in [6, 6.07) is 0. The van der Waals surface area contributed by atoms with Crippen molar-refractivity contribution in [2.24, 2.45) is 5.41 Å². The first-order valence-electron chi connectivity index (χ1n) is 6.75. The summed E-state index contributed by atoms with van der Waals surface area (Å²) in [4.78, 5) is 0. The van der Waals surface area contributed by atoms with Crippen molar-refractivity contribution in [1.29, 1.82) is 0 Å². The fraction of sp³-hybridized carbons (Fsp3) is 0.750. The molecule has 0 saturated heterocycles. The lowest BCUT2D eigenvalue weighted by atomic mass is 9.87. The highest BCUT2D eigenvalue weighted by molar-refractivity contribution is 5.07. The maximum Gasteiger partial charge on any atom is 0.0685 e. The molecule has 0 aliphatic heterocycles. The molecule has 98 valence electrons. The minimum absolute atomic E-state index is 0.0111. The van der Waals surface area contributed by atoms with E-state index in [9.17, 15) is 0 Å². The van der Waals surface area contributed by atoms with Gasteiger partial charge < -0.3 is 4.74 Å². The summed E-state index contributed by atoms with van der Waals surface area (Å²) < 4.78 is 5.68. The molecule has 1 aliphatic rings. The molecule has 17 heavy (non-hydrogen) atoms. The van der Waals surface area contributed by atoms with Crippen molar-refractivity contribution >= 4 is 0 Å². The van der Waals surface area contributed by atoms with E-state index in [4.69, 9.17) is 4.74 Å². The third-order valence-corrected chi connectivity index (χ3v) is 3.86. The Morgan fingerprint density at radius 2 is 1.88 bits per heavy atom. The highest BCUT2D eigenvalue weighted by Crippen LogP contribution is 2.29. The molecule has 1 rings (SSSR count). The summed E-state index contributed by atoms with van der Waals surface area (Å²) in [7, 11) is 1.83. The van der Waals surface area contributed by atoms with E-state index in [0.717, 1.165) is 19.3 Å². The van der Waals surface area contributed by atoms with E-state index in [-0.39, 0.29) is 11.0 Å². The summed E-state index contributed by atoms with van der Waals surface area (Å²) in [5.41, 5.74) is 1.80. The number of hydrogen-bond donors (Lipinski definition) is 0. The van der Waals surface area contributed by atoms with Gasteiger partial charge in [0.25, 0.3) is 0 Å². The molecule has 1 atom stereocenters. The lowest BCUT2D eigenvalue weighted by Crippen LogP contribution is -2.26. The van der Waals surface area contributed by atoms with Crippen LogP contribution >= 0.6 is 0 Å². The van der Waals surface area contributed by atoms with Crippen LogP contribution in [-0.2, 0) is 4.74 Å². The molecule has 0 aromatic carbocycles. The molecule has 0 bridgehead atoms. The van der Waals surface area contributed by atoms with Crippen molar-refractivity contribution in [1.82, 2.24) is 0 Å². The number of allylic oxidation sites excluding steroid dienone is 3. The second-order valence-corrected chi connectivity index (χ2v) is 6.36. The van der Waals surface area contributed by atoms with Gasteiger partial charge in [0, 0.05) is 7.11 Å². The van der Waals surface area contributed by atoms with Gasteiger partial charge in [0.05, 0.1) is 5.60 Å². The van der Waals surface area contributed by atoms with Gasteiger partial charge in [-0.1, -0.05) is 37.6 Å². The van der Waals surface area contributed by atoms with E-state index in [1.54, 1.807) is 0 Å². The van der Waals surface area contributed by atoms with Crippen molar-refractivity contribution in [3.8, 4) is 0 Å². The lowest BCUT2D eigenvalue weighted by molar-refractivity contribution is -0.0000689. The predicted octanol–water partition coefficient (Wildman–Crippen LogP) is 4.88. The van der Waals surface area contributed by atoms with Crippen LogP contribution in [0.15, 0.2) is 23.8 Å². The molecule has 0 N–H and O–H groups in total. The molecule has 0 aromatic heterocycles. The van der Waals surface area contributed by atoms with E-state index >= 15 is 0 Å². The molecule has 1 heteroatoms. The maximum atomic E-state index is 5.68. The van der Waals surface area contributed by atoms with Crippen molar-refractivity contribution in [3.05, 3.63) is 23.8 Å². The average molecular weight is 236 g/mol. The minimum Gasteiger partial charge on any atom is -0.378 e. The molecule has 0 aromatic rings. The monoisotopic (exact) mass is 236 g/mol. The summed E-state index contributed by atoms with van der Waals surface area (Å²) >= 11 is 0. The topological polar surface area (TPSA) is 9.23 Å². The van der Waals surface area contributed by atoms with Crippen LogP contribution in [0.5, 0.6) is 0 Å². The quantitative estimate of drug-likeness (QED) is 0.589. The standard InChI is InChI=1S/C16H28O/c1-14-8-6-11-16(4,17-5)12-7-10-15(2,3)13-9-14/h7,9-10H,6,8,11-13H2,1-5H3/b10-7+,14-9-. The summed E-state index contributed by atoms with van der Waals surface area (Å²) in [6.45, 7) is 9.08. The maximum absolute atomic E-state index is 5.68. The number of rotatable bonds is 1. The second-order valence-electron chi connectivity index (χ2n) is 6.36. The molecule has 0 saturated carbocycles. The molecule has 1 aliphatic carbocycles. The van der Waals surface area contributed by atoms with Crippen LogP contribution in [0.25, 0.3) is 0 Å². The van der Waals surface area contributed by atoms with Gasteiger partial charge in [-0.3, -0.25) is 0 Å². The van der Waals surface area contributed by atoms with Gasteiger partial charge in [-0.25, -0.2) is 0 Å². The Morgan fingerprint density at radius 1 is 1.18 bits per heavy atom. The molecule has 0 heterocycles. The van der Waals surface area contributed by atoms with Crippen LogP contribution in [0.4, 0.5) is 0 Å². The molecule has 0 spiro atoms. The van der Waals surface area contributed by atoms with Gasteiger partial charge in [-0.15, -0.1) is 0 Å². The zero-order valence-electron chi connectivity index (χ0n) is 12.2. The lowest BCUT2D eigenvalue weighted by Gasteiger charge is -2.27. The first-order chi connectivity index (χ1) is 7.87. The molecule has 0 fully saturated rings. The van der Waals surface area contributed by atoms with Crippen LogP contribution in [-0.4, -0.2) is 12.7 Å². The fourth-order valence-electron chi connectivity index (χ4n) is 2.26. The van der Waals surface area contributed by atoms with Crippen molar-refractivity contribution < 1.29 is 4.74 Å². The molecule has 0 amide bonds. The van der Waals surface area contributed by atoms with Crippen LogP contribution in [0.3, 0.4) is 0 Å². The highest BCUT2D eigenvalue weighted by Gasteiger charge is 2.22. The molecule has 0 radical (unpaired) electrons. The van der Waals surface area contributed by atoms with E-state index in [1.165, 1.54) is 18.4 Å². The van der Waals surface area contributed by atoms with E-state index in [1.807, 2.05) is 7.11 Å². The fourth-order valence-corrected chi connectivity index (χ4v) is 2.26. The Balaban J connectivity index is 2.82. The zero-order valence-corrected chi connectivity index (χ0v) is 12.2. The highest BCUT2D eigenvalue weighted by atomic mass is 16.5. The van der Waals surface area contributed by atoms with Crippen molar-refractivity contribution in [2.45, 2.75) is 65.4 Å². The first-order valence-corrected chi connectivity index (χ1v) is 6.75. The zero-order chi connectivity index (χ0) is 12.9. The number of ether oxygens (including phenoxy) is 1. The van der Waals surface area contributed by atoms with Gasteiger partial charge in [0.1, 0.15) is 0 Å². The molecule has 1 unspecified atom stereocenters. The Labute approximate surface area is 107 Å². The van der Waals surface area contributed by atoms with E-state index in [2.05, 4.69) is 45.9 Å². The number of methoxy groups -OCH3 is 1. The predicted molar refractivity (Wildman–Crippen MR) is 75.2 cm³/mol. The van der Waals surface area contributed by atoms with Crippen LogP contribution in [0, 0.1) is 5.41 Å². The molecular formula is C16H28O. The van der Waals surface area contributed by atoms with Crippen LogP contribution < -0.4 is 0 Å². The van der Waals surface area contributed by atoms with Gasteiger partial charge in [-0.2, -0.15) is 0 Å². The second kappa shape index (κ2) is 5.86. The third kappa shape index (κ3) is 5.08. The van der Waals surface area contributed by atoms with Gasteiger partial charge in [0.15, 0.2) is 0 Å². The normalized spacial score (nSPS) is 35.5. The summed E-state index contributed by atoms with van der Waals surface area (Å²) in [5, 5.41) is 0. The summed E-state index contributed by atoms with van der Waals surface area (Å²) in [5.74, 6) is 0. The molecular weight excluding hydrogens is 208 g/mol. The Morgan fingerprint density at radius 3 is 2.53 bits per heavy atom. The van der Waals surface area contributed by atoms with E-state index < -0.39 is 0 Å². The third-order valence-electron chi connectivity index (χ3n) is 3.86. The Bertz CT molecular complexity index is 299. The Hall–Kier alpha value is -0.560. The van der Waals surface area contributed by atoms with Crippen LogP contribution in [0.2, 0.25) is 0 Å². The van der Waals surface area contributed by atoms with Crippen molar-refractivity contribution in [3.63, 3.8) is 0 Å². The SMILES string of the molecule is COC1(C)C/C=C/C(C)(C)C/C=C(/C)CCC1. The molecule has 1 nitrogen and oxygen atoms in total.